The SMILES string of the molecule is CCC[C@@H](C)[C@H]1CCC2C3C(CC[C@@]21C)[C@@]1(C)CC[C@@H](OC=O)CC1C[C@H]3OC=O. The third-order valence-electron chi connectivity index (χ3n) is 10.6. The zero-order valence-corrected chi connectivity index (χ0v) is 19.5. The van der Waals surface area contributed by atoms with Crippen LogP contribution in [-0.2, 0) is 19.1 Å². The second kappa shape index (κ2) is 8.47. The largest absolute Gasteiger partial charge is 0.465 e. The summed E-state index contributed by atoms with van der Waals surface area (Å²) in [5, 5.41) is 0. The molecule has 170 valence electrons. The minimum atomic E-state index is 0.0328. The first-order valence-electron chi connectivity index (χ1n) is 12.6. The van der Waals surface area contributed by atoms with Crippen molar-refractivity contribution in [3.05, 3.63) is 0 Å². The Bertz CT molecular complexity index is 635. The van der Waals surface area contributed by atoms with Gasteiger partial charge < -0.3 is 9.47 Å². The van der Waals surface area contributed by atoms with Gasteiger partial charge in [0.15, 0.2) is 0 Å². The van der Waals surface area contributed by atoms with E-state index in [9.17, 15) is 9.59 Å². The van der Waals surface area contributed by atoms with Crippen molar-refractivity contribution in [2.45, 2.75) is 104 Å². The Kier molecular flexibility index (Phi) is 6.25. The number of ether oxygens (including phenoxy) is 2. The Morgan fingerprint density at radius 1 is 0.933 bits per heavy atom. The van der Waals surface area contributed by atoms with Gasteiger partial charge in [0, 0.05) is 5.92 Å². The first-order chi connectivity index (χ1) is 14.4. The van der Waals surface area contributed by atoms with Crippen LogP contribution in [0.15, 0.2) is 0 Å². The highest BCUT2D eigenvalue weighted by atomic mass is 16.5. The zero-order chi connectivity index (χ0) is 21.5. The molecule has 4 rings (SSSR count). The van der Waals surface area contributed by atoms with E-state index in [2.05, 4.69) is 27.7 Å². The maximum atomic E-state index is 11.5. The molecule has 0 aromatic rings. The molecule has 4 heteroatoms. The van der Waals surface area contributed by atoms with Gasteiger partial charge in [-0.05, 0) is 91.8 Å². The van der Waals surface area contributed by atoms with Crippen molar-refractivity contribution in [1.82, 2.24) is 0 Å². The lowest BCUT2D eigenvalue weighted by Gasteiger charge is -2.62. The molecule has 30 heavy (non-hydrogen) atoms. The fourth-order valence-corrected chi connectivity index (χ4v) is 9.21. The number of carbonyl (C=O) groups is 2. The smallest absolute Gasteiger partial charge is 0.293 e. The highest BCUT2D eigenvalue weighted by Crippen LogP contribution is 2.68. The molecule has 0 aliphatic heterocycles. The van der Waals surface area contributed by atoms with Crippen LogP contribution in [0.3, 0.4) is 0 Å². The van der Waals surface area contributed by atoms with Gasteiger partial charge in [-0.3, -0.25) is 9.59 Å². The van der Waals surface area contributed by atoms with Crippen molar-refractivity contribution in [2.75, 3.05) is 0 Å². The lowest BCUT2D eigenvalue weighted by atomic mass is 9.43. The summed E-state index contributed by atoms with van der Waals surface area (Å²) in [5.41, 5.74) is 0.673. The molecule has 4 aliphatic carbocycles. The second-order valence-electron chi connectivity index (χ2n) is 11.6. The average molecular weight is 419 g/mol. The van der Waals surface area contributed by atoms with E-state index in [1.54, 1.807) is 0 Å². The minimum absolute atomic E-state index is 0.0328. The normalized spacial score (nSPS) is 48.6. The van der Waals surface area contributed by atoms with E-state index in [4.69, 9.17) is 9.47 Å². The fourth-order valence-electron chi connectivity index (χ4n) is 9.21. The summed E-state index contributed by atoms with van der Waals surface area (Å²) in [7, 11) is 0. The summed E-state index contributed by atoms with van der Waals surface area (Å²) in [6.45, 7) is 11.2. The molecular weight excluding hydrogens is 376 g/mol. The van der Waals surface area contributed by atoms with Crippen molar-refractivity contribution in [3.63, 3.8) is 0 Å². The van der Waals surface area contributed by atoms with Crippen molar-refractivity contribution in [2.24, 2.45) is 46.3 Å². The van der Waals surface area contributed by atoms with E-state index in [0.717, 1.165) is 37.5 Å². The second-order valence-corrected chi connectivity index (χ2v) is 11.6. The molecule has 0 heterocycles. The lowest BCUT2D eigenvalue weighted by molar-refractivity contribution is -0.190. The van der Waals surface area contributed by atoms with E-state index in [1.807, 2.05) is 0 Å². The van der Waals surface area contributed by atoms with Crippen LogP contribution in [0, 0.1) is 46.3 Å². The van der Waals surface area contributed by atoms with E-state index < -0.39 is 0 Å². The van der Waals surface area contributed by atoms with Crippen LogP contribution in [-0.4, -0.2) is 25.2 Å². The van der Waals surface area contributed by atoms with E-state index in [1.165, 1.54) is 38.5 Å². The Balaban J connectivity index is 1.62. The molecule has 0 aromatic heterocycles. The summed E-state index contributed by atoms with van der Waals surface area (Å²) >= 11 is 0. The first kappa shape index (κ1) is 22.1. The molecule has 0 amide bonds. The predicted molar refractivity (Wildman–Crippen MR) is 117 cm³/mol. The molecule has 4 aliphatic rings. The number of hydrogen-bond acceptors (Lipinski definition) is 4. The van der Waals surface area contributed by atoms with Gasteiger partial charge in [0.2, 0.25) is 0 Å². The predicted octanol–water partition coefficient (Wildman–Crippen LogP) is 5.77. The van der Waals surface area contributed by atoms with Gasteiger partial charge in [0.05, 0.1) is 0 Å². The third-order valence-corrected chi connectivity index (χ3v) is 10.6. The van der Waals surface area contributed by atoms with Crippen LogP contribution in [0.5, 0.6) is 0 Å². The molecular formula is C26H42O4. The quantitative estimate of drug-likeness (QED) is 0.492. The highest BCUT2D eigenvalue weighted by molar-refractivity contribution is 5.38. The molecule has 0 saturated heterocycles. The van der Waals surface area contributed by atoms with Gasteiger partial charge in [-0.2, -0.15) is 0 Å². The minimum Gasteiger partial charge on any atom is -0.465 e. The van der Waals surface area contributed by atoms with Crippen LogP contribution in [0.4, 0.5) is 0 Å². The van der Waals surface area contributed by atoms with Gasteiger partial charge in [0.25, 0.3) is 12.9 Å². The molecule has 4 saturated carbocycles. The van der Waals surface area contributed by atoms with E-state index in [-0.39, 0.29) is 17.6 Å². The standard InChI is InChI=1S/C26H42O4/c1-5-6-17(2)20-7-8-21-24-22(10-12-26(20,21)4)25(3)11-9-19(29-15-27)13-18(25)14-23(24)30-16-28/h15-24H,5-14H2,1-4H3/t17-,18?,19-,20-,21?,22?,23-,24?,25+,26-/m1/s1. The molecule has 0 N–H and O–H groups in total. The summed E-state index contributed by atoms with van der Waals surface area (Å²) in [6, 6.07) is 0. The van der Waals surface area contributed by atoms with Gasteiger partial charge in [0.1, 0.15) is 12.2 Å². The molecule has 10 atom stereocenters. The van der Waals surface area contributed by atoms with Gasteiger partial charge in [-0.1, -0.05) is 40.5 Å². The monoisotopic (exact) mass is 418 g/mol. The number of rotatable bonds is 7. The maximum Gasteiger partial charge on any atom is 0.293 e. The first-order valence-corrected chi connectivity index (χ1v) is 12.6. The Hall–Kier alpha value is -1.06. The number of hydrogen-bond donors (Lipinski definition) is 0. The van der Waals surface area contributed by atoms with Crippen molar-refractivity contribution in [1.29, 1.82) is 0 Å². The zero-order valence-electron chi connectivity index (χ0n) is 19.5. The molecule has 4 nitrogen and oxygen atoms in total. The molecule has 0 aromatic carbocycles. The lowest BCUT2D eigenvalue weighted by Crippen LogP contribution is -2.59. The van der Waals surface area contributed by atoms with Crippen molar-refractivity contribution < 1.29 is 19.1 Å². The van der Waals surface area contributed by atoms with Crippen LogP contribution >= 0.6 is 0 Å². The molecule has 0 radical (unpaired) electrons. The number of fused-ring (bicyclic) bond motifs is 5. The summed E-state index contributed by atoms with van der Waals surface area (Å²) in [5.74, 6) is 3.86. The third kappa shape index (κ3) is 3.41. The van der Waals surface area contributed by atoms with E-state index in [0.29, 0.717) is 42.0 Å². The molecule has 4 unspecified atom stereocenters. The van der Waals surface area contributed by atoms with E-state index >= 15 is 0 Å². The Morgan fingerprint density at radius 2 is 1.63 bits per heavy atom. The van der Waals surface area contributed by atoms with Gasteiger partial charge in [-0.15, -0.1) is 0 Å². The average Bonchev–Trinajstić information content (AvgIpc) is 3.07. The summed E-state index contributed by atoms with van der Waals surface area (Å²) in [6.07, 6.45) is 11.9. The topological polar surface area (TPSA) is 52.6 Å². The molecule has 0 spiro atoms. The molecule has 0 bridgehead atoms. The fraction of sp³-hybridized carbons (Fsp3) is 0.923. The Labute approximate surface area is 182 Å². The van der Waals surface area contributed by atoms with Gasteiger partial charge in [-0.25, -0.2) is 0 Å². The maximum absolute atomic E-state index is 11.5. The molecule has 4 fully saturated rings. The number of carbonyl (C=O) groups excluding carboxylic acids is 2. The highest BCUT2D eigenvalue weighted by Gasteiger charge is 2.63. The van der Waals surface area contributed by atoms with Gasteiger partial charge >= 0.3 is 0 Å². The van der Waals surface area contributed by atoms with Crippen molar-refractivity contribution >= 4 is 12.9 Å². The van der Waals surface area contributed by atoms with Crippen LogP contribution < -0.4 is 0 Å². The van der Waals surface area contributed by atoms with Crippen LogP contribution in [0.25, 0.3) is 0 Å². The summed E-state index contributed by atoms with van der Waals surface area (Å²) < 4.78 is 11.2. The van der Waals surface area contributed by atoms with Crippen molar-refractivity contribution in [3.8, 4) is 0 Å². The van der Waals surface area contributed by atoms with Crippen LogP contribution in [0.2, 0.25) is 0 Å². The summed E-state index contributed by atoms with van der Waals surface area (Å²) in [4.78, 5) is 22.4. The van der Waals surface area contributed by atoms with Crippen LogP contribution in [0.1, 0.15) is 91.9 Å². The Morgan fingerprint density at radius 3 is 2.33 bits per heavy atom.